The number of nitro groups is 1. The fourth-order valence-electron chi connectivity index (χ4n) is 3.35. The molecule has 3 aromatic carbocycles. The van der Waals surface area contributed by atoms with Gasteiger partial charge < -0.3 is 10.1 Å². The Bertz CT molecular complexity index is 1450. The van der Waals surface area contributed by atoms with Gasteiger partial charge in [-0.1, -0.05) is 41.9 Å². The Morgan fingerprint density at radius 1 is 1.14 bits per heavy atom. The SMILES string of the molecule is O=C(COc1ccc(/C=C2\SC(=O)N(Cc3cccc([N+](=O)[O-])c3)C2=O)cc1Cl)Nc1ccccc1F. The molecule has 12 heteroatoms. The van der Waals surface area contributed by atoms with Crippen LogP contribution in [0.1, 0.15) is 11.1 Å². The number of para-hydroxylation sites is 1. The summed E-state index contributed by atoms with van der Waals surface area (Å²) in [6, 6.07) is 16.0. The number of carbonyl (C=O) groups excluding carboxylic acids is 3. The van der Waals surface area contributed by atoms with E-state index in [0.29, 0.717) is 11.1 Å². The number of rotatable bonds is 8. The van der Waals surface area contributed by atoms with E-state index in [1.165, 1.54) is 54.6 Å². The Morgan fingerprint density at radius 2 is 1.92 bits per heavy atom. The highest BCUT2D eigenvalue weighted by molar-refractivity contribution is 8.18. The molecular formula is C25H17ClFN3O6S. The zero-order valence-corrected chi connectivity index (χ0v) is 20.4. The van der Waals surface area contributed by atoms with E-state index in [9.17, 15) is 28.9 Å². The molecule has 3 amide bonds. The van der Waals surface area contributed by atoms with Crippen molar-refractivity contribution in [3.63, 3.8) is 0 Å². The van der Waals surface area contributed by atoms with Crippen LogP contribution in [0.5, 0.6) is 5.75 Å². The van der Waals surface area contributed by atoms with Crippen molar-refractivity contribution >= 4 is 57.9 Å². The van der Waals surface area contributed by atoms with Crippen molar-refractivity contribution in [2.45, 2.75) is 6.54 Å². The maximum absolute atomic E-state index is 13.7. The van der Waals surface area contributed by atoms with E-state index in [-0.39, 0.29) is 33.6 Å². The van der Waals surface area contributed by atoms with Crippen LogP contribution in [0.3, 0.4) is 0 Å². The van der Waals surface area contributed by atoms with E-state index in [1.54, 1.807) is 18.2 Å². The van der Waals surface area contributed by atoms with Gasteiger partial charge in [-0.2, -0.15) is 0 Å². The van der Waals surface area contributed by atoms with E-state index < -0.39 is 34.4 Å². The lowest BCUT2D eigenvalue weighted by Crippen LogP contribution is -2.27. The van der Waals surface area contributed by atoms with Crippen molar-refractivity contribution in [3.05, 3.63) is 104 Å². The first-order valence-corrected chi connectivity index (χ1v) is 11.9. The van der Waals surface area contributed by atoms with Gasteiger partial charge in [0, 0.05) is 12.1 Å². The predicted molar refractivity (Wildman–Crippen MR) is 137 cm³/mol. The molecule has 0 radical (unpaired) electrons. The van der Waals surface area contributed by atoms with Crippen molar-refractivity contribution in [2.24, 2.45) is 0 Å². The summed E-state index contributed by atoms with van der Waals surface area (Å²) in [5.74, 6) is -1.50. The topological polar surface area (TPSA) is 119 Å². The number of nitrogens with zero attached hydrogens (tertiary/aromatic N) is 2. The summed E-state index contributed by atoms with van der Waals surface area (Å²) in [5.41, 5.74) is 0.842. The molecule has 1 aliphatic rings. The monoisotopic (exact) mass is 541 g/mol. The van der Waals surface area contributed by atoms with Crippen molar-refractivity contribution in [1.82, 2.24) is 4.90 Å². The van der Waals surface area contributed by atoms with Gasteiger partial charge in [0.1, 0.15) is 11.6 Å². The molecule has 1 N–H and O–H groups in total. The lowest BCUT2D eigenvalue weighted by atomic mass is 10.1. The van der Waals surface area contributed by atoms with Crippen LogP contribution in [-0.4, -0.2) is 33.5 Å². The molecule has 37 heavy (non-hydrogen) atoms. The average molecular weight is 542 g/mol. The standard InChI is InChI=1S/C25H17ClFN3O6S/c26-18-11-15(8-9-21(18)36-14-23(31)28-20-7-2-1-6-19(20)27)12-22-24(32)29(25(33)37-22)13-16-4-3-5-17(10-16)30(34)35/h1-12H,13-14H2,(H,28,31)/b22-12-. The van der Waals surface area contributed by atoms with Crippen LogP contribution in [0.25, 0.3) is 6.08 Å². The fourth-order valence-corrected chi connectivity index (χ4v) is 4.44. The van der Waals surface area contributed by atoms with Gasteiger partial charge >= 0.3 is 0 Å². The highest BCUT2D eigenvalue weighted by Crippen LogP contribution is 2.35. The van der Waals surface area contributed by atoms with Gasteiger partial charge in [0.25, 0.3) is 22.7 Å². The molecule has 0 aromatic heterocycles. The van der Waals surface area contributed by atoms with Crippen LogP contribution < -0.4 is 10.1 Å². The van der Waals surface area contributed by atoms with Crippen LogP contribution in [0.2, 0.25) is 5.02 Å². The lowest BCUT2D eigenvalue weighted by molar-refractivity contribution is -0.384. The highest BCUT2D eigenvalue weighted by atomic mass is 35.5. The molecule has 0 unspecified atom stereocenters. The number of halogens is 2. The summed E-state index contributed by atoms with van der Waals surface area (Å²) in [7, 11) is 0. The zero-order valence-electron chi connectivity index (χ0n) is 18.9. The number of carbonyl (C=O) groups is 3. The molecular weight excluding hydrogens is 525 g/mol. The van der Waals surface area contributed by atoms with Crippen molar-refractivity contribution in [2.75, 3.05) is 11.9 Å². The number of anilines is 1. The van der Waals surface area contributed by atoms with Crippen LogP contribution in [-0.2, 0) is 16.1 Å². The van der Waals surface area contributed by atoms with E-state index >= 15 is 0 Å². The number of ether oxygens (including phenoxy) is 1. The van der Waals surface area contributed by atoms with Crippen LogP contribution >= 0.6 is 23.4 Å². The molecule has 0 atom stereocenters. The molecule has 0 spiro atoms. The molecule has 1 fully saturated rings. The van der Waals surface area contributed by atoms with Crippen LogP contribution in [0, 0.1) is 15.9 Å². The summed E-state index contributed by atoms with van der Waals surface area (Å²) in [5, 5.41) is 13.0. The third-order valence-corrected chi connectivity index (χ3v) is 6.30. The second-order valence-electron chi connectivity index (χ2n) is 7.70. The van der Waals surface area contributed by atoms with Gasteiger partial charge in [0.15, 0.2) is 6.61 Å². The Kier molecular flexibility index (Phi) is 7.85. The van der Waals surface area contributed by atoms with Crippen molar-refractivity contribution in [1.29, 1.82) is 0 Å². The van der Waals surface area contributed by atoms with Gasteiger partial charge in [0.2, 0.25) is 0 Å². The highest BCUT2D eigenvalue weighted by Gasteiger charge is 2.35. The second kappa shape index (κ2) is 11.2. The van der Waals surface area contributed by atoms with Crippen LogP contribution in [0.4, 0.5) is 20.6 Å². The lowest BCUT2D eigenvalue weighted by Gasteiger charge is -2.12. The number of nitro benzene ring substituents is 1. The Balaban J connectivity index is 1.40. The summed E-state index contributed by atoms with van der Waals surface area (Å²) in [6.45, 7) is -0.518. The normalized spacial score (nSPS) is 14.2. The number of nitrogens with one attached hydrogen (secondary N) is 1. The maximum atomic E-state index is 13.7. The number of benzene rings is 3. The first-order valence-electron chi connectivity index (χ1n) is 10.7. The third-order valence-electron chi connectivity index (χ3n) is 5.10. The Morgan fingerprint density at radius 3 is 2.65 bits per heavy atom. The first-order chi connectivity index (χ1) is 17.7. The van der Waals surface area contributed by atoms with Gasteiger partial charge in [0.05, 0.1) is 27.1 Å². The molecule has 9 nitrogen and oxygen atoms in total. The smallest absolute Gasteiger partial charge is 0.293 e. The Labute approximate surface area is 219 Å². The molecule has 1 saturated heterocycles. The summed E-state index contributed by atoms with van der Waals surface area (Å²) in [4.78, 5) is 48.9. The largest absolute Gasteiger partial charge is 0.482 e. The van der Waals surface area contributed by atoms with Gasteiger partial charge in [-0.25, -0.2) is 4.39 Å². The molecule has 0 bridgehead atoms. The number of hydrogen-bond donors (Lipinski definition) is 1. The first kappa shape index (κ1) is 25.9. The number of hydrogen-bond acceptors (Lipinski definition) is 7. The third kappa shape index (κ3) is 6.32. The number of thioether (sulfide) groups is 1. The van der Waals surface area contributed by atoms with Crippen molar-refractivity contribution in [3.8, 4) is 5.75 Å². The van der Waals surface area contributed by atoms with Gasteiger partial charge in [-0.05, 0) is 53.2 Å². The molecule has 4 rings (SSSR count). The fraction of sp³-hybridized carbons (Fsp3) is 0.0800. The van der Waals surface area contributed by atoms with Gasteiger partial charge in [-0.3, -0.25) is 29.4 Å². The zero-order chi connectivity index (χ0) is 26.5. The second-order valence-corrected chi connectivity index (χ2v) is 9.10. The predicted octanol–water partition coefficient (Wildman–Crippen LogP) is 5.64. The molecule has 1 heterocycles. The molecule has 1 aliphatic heterocycles. The Hall–Kier alpha value is -4.22. The number of amides is 3. The van der Waals surface area contributed by atoms with E-state index in [0.717, 1.165) is 16.7 Å². The van der Waals surface area contributed by atoms with Gasteiger partial charge in [-0.15, -0.1) is 0 Å². The molecule has 3 aromatic rings. The number of non-ortho nitro benzene ring substituents is 1. The van der Waals surface area contributed by atoms with E-state index in [1.807, 2.05) is 0 Å². The van der Waals surface area contributed by atoms with E-state index in [2.05, 4.69) is 5.32 Å². The van der Waals surface area contributed by atoms with Crippen LogP contribution in [0.15, 0.2) is 71.6 Å². The minimum absolute atomic E-state index is 0.0250. The van der Waals surface area contributed by atoms with Crippen molar-refractivity contribution < 1.29 is 28.4 Å². The summed E-state index contributed by atoms with van der Waals surface area (Å²) in [6.07, 6.45) is 1.49. The minimum Gasteiger partial charge on any atom is -0.482 e. The molecule has 0 aliphatic carbocycles. The summed E-state index contributed by atoms with van der Waals surface area (Å²) < 4.78 is 19.1. The van der Waals surface area contributed by atoms with E-state index in [4.69, 9.17) is 16.3 Å². The minimum atomic E-state index is -0.581. The average Bonchev–Trinajstić information content (AvgIpc) is 3.12. The maximum Gasteiger partial charge on any atom is 0.293 e. The molecule has 0 saturated carbocycles. The number of imide groups is 1. The molecule has 188 valence electrons. The summed E-state index contributed by atoms with van der Waals surface area (Å²) >= 11 is 6.99. The quantitative estimate of drug-likeness (QED) is 0.222.